The number of hydrogen-bond donors (Lipinski definition) is 2. The Labute approximate surface area is 138 Å². The van der Waals surface area contributed by atoms with Crippen LogP contribution in [0.5, 0.6) is 0 Å². The minimum absolute atomic E-state index is 0.523. The topological polar surface area (TPSA) is 53.6 Å². The smallest absolute Gasteiger partial charge is 0.246 e. The Kier molecular flexibility index (Phi) is 3.44. The van der Waals surface area contributed by atoms with Crippen LogP contribution in [0.4, 0.5) is 11.6 Å². The number of nitrogens with one attached hydrogen (secondary N) is 2. The maximum Gasteiger partial charge on any atom is 0.246 e. The number of aromatic amines is 1. The molecule has 0 spiro atoms. The fourth-order valence-electron chi connectivity index (χ4n) is 2.53. The number of halogens is 1. The molecule has 0 saturated carbocycles. The van der Waals surface area contributed by atoms with Crippen LogP contribution in [0.1, 0.15) is 0 Å². The largest absolute Gasteiger partial charge is 0.323 e. The molecule has 3 aromatic carbocycles. The SMILES string of the molecule is Clc1ccc(Nc2n[nH]c(-c3cccc4ccccc34)n2)cc1. The van der Waals surface area contributed by atoms with Gasteiger partial charge < -0.3 is 5.32 Å². The number of aromatic nitrogens is 3. The van der Waals surface area contributed by atoms with E-state index in [1.54, 1.807) is 0 Å². The number of H-pyrrole nitrogens is 1. The van der Waals surface area contributed by atoms with Gasteiger partial charge in [0.05, 0.1) is 0 Å². The summed E-state index contributed by atoms with van der Waals surface area (Å²) >= 11 is 5.89. The first-order valence-electron chi connectivity index (χ1n) is 7.23. The maximum absolute atomic E-state index is 5.89. The van der Waals surface area contributed by atoms with Crippen LogP contribution in [-0.2, 0) is 0 Å². The first-order chi connectivity index (χ1) is 11.3. The zero-order valence-electron chi connectivity index (χ0n) is 12.1. The highest BCUT2D eigenvalue weighted by molar-refractivity contribution is 6.30. The Hall–Kier alpha value is -2.85. The second-order valence-corrected chi connectivity index (χ2v) is 5.60. The summed E-state index contributed by atoms with van der Waals surface area (Å²) < 4.78 is 0. The van der Waals surface area contributed by atoms with Crippen molar-refractivity contribution >= 4 is 34.0 Å². The second kappa shape index (κ2) is 5.74. The number of nitrogens with zero attached hydrogens (tertiary/aromatic N) is 2. The summed E-state index contributed by atoms with van der Waals surface area (Å²) in [4.78, 5) is 4.54. The normalized spacial score (nSPS) is 10.8. The van der Waals surface area contributed by atoms with E-state index < -0.39 is 0 Å². The summed E-state index contributed by atoms with van der Waals surface area (Å²) in [7, 11) is 0. The summed E-state index contributed by atoms with van der Waals surface area (Å²) in [5, 5.41) is 13.4. The lowest BCUT2D eigenvalue weighted by Crippen LogP contribution is -1.91. The number of hydrogen-bond acceptors (Lipinski definition) is 3. The van der Waals surface area contributed by atoms with Gasteiger partial charge in [-0.2, -0.15) is 4.98 Å². The predicted octanol–water partition coefficient (Wildman–Crippen LogP) is 5.02. The van der Waals surface area contributed by atoms with Crippen LogP contribution in [0.2, 0.25) is 5.02 Å². The van der Waals surface area contributed by atoms with Crippen molar-refractivity contribution in [2.45, 2.75) is 0 Å². The van der Waals surface area contributed by atoms with Crippen molar-refractivity contribution in [1.82, 2.24) is 15.2 Å². The van der Waals surface area contributed by atoms with E-state index in [2.05, 4.69) is 38.7 Å². The van der Waals surface area contributed by atoms with Gasteiger partial charge in [-0.3, -0.25) is 5.10 Å². The minimum atomic E-state index is 0.523. The van der Waals surface area contributed by atoms with Gasteiger partial charge in [-0.25, -0.2) is 0 Å². The lowest BCUT2D eigenvalue weighted by Gasteiger charge is -2.03. The third-order valence-electron chi connectivity index (χ3n) is 3.63. The Morgan fingerprint density at radius 1 is 0.870 bits per heavy atom. The molecule has 4 aromatic rings. The van der Waals surface area contributed by atoms with Crippen LogP contribution in [0.25, 0.3) is 22.2 Å². The molecule has 0 saturated heterocycles. The fraction of sp³-hybridized carbons (Fsp3) is 0. The van der Waals surface area contributed by atoms with Crippen molar-refractivity contribution in [3.63, 3.8) is 0 Å². The molecule has 0 aliphatic heterocycles. The van der Waals surface area contributed by atoms with Gasteiger partial charge in [0.15, 0.2) is 5.82 Å². The van der Waals surface area contributed by atoms with Crippen LogP contribution >= 0.6 is 11.6 Å². The van der Waals surface area contributed by atoms with Crippen molar-refractivity contribution in [2.75, 3.05) is 5.32 Å². The molecule has 0 bridgehead atoms. The highest BCUT2D eigenvalue weighted by atomic mass is 35.5. The average molecular weight is 321 g/mol. The monoisotopic (exact) mass is 320 g/mol. The molecule has 0 fully saturated rings. The van der Waals surface area contributed by atoms with E-state index >= 15 is 0 Å². The first-order valence-corrected chi connectivity index (χ1v) is 7.60. The summed E-state index contributed by atoms with van der Waals surface area (Å²) in [6, 6.07) is 21.8. The third-order valence-corrected chi connectivity index (χ3v) is 3.88. The van der Waals surface area contributed by atoms with Gasteiger partial charge in [0.25, 0.3) is 0 Å². The highest BCUT2D eigenvalue weighted by Gasteiger charge is 2.09. The summed E-state index contributed by atoms with van der Waals surface area (Å²) in [5.74, 6) is 1.26. The van der Waals surface area contributed by atoms with Crippen LogP contribution in [0, 0.1) is 0 Å². The Morgan fingerprint density at radius 2 is 1.65 bits per heavy atom. The average Bonchev–Trinajstić information content (AvgIpc) is 3.05. The molecule has 0 radical (unpaired) electrons. The van der Waals surface area contributed by atoms with Crippen LogP contribution in [0.15, 0.2) is 66.7 Å². The van der Waals surface area contributed by atoms with Gasteiger partial charge in [-0.15, -0.1) is 5.10 Å². The van der Waals surface area contributed by atoms with Crippen LogP contribution in [-0.4, -0.2) is 15.2 Å². The van der Waals surface area contributed by atoms with Crippen molar-refractivity contribution in [3.8, 4) is 11.4 Å². The van der Waals surface area contributed by atoms with Crippen molar-refractivity contribution in [3.05, 3.63) is 71.8 Å². The molecule has 112 valence electrons. The van der Waals surface area contributed by atoms with Gasteiger partial charge in [0, 0.05) is 16.3 Å². The Balaban J connectivity index is 1.68. The van der Waals surface area contributed by atoms with Crippen molar-refractivity contribution in [2.24, 2.45) is 0 Å². The zero-order chi connectivity index (χ0) is 15.6. The first kappa shape index (κ1) is 13.8. The van der Waals surface area contributed by atoms with Gasteiger partial charge in [0.1, 0.15) is 0 Å². The van der Waals surface area contributed by atoms with Crippen molar-refractivity contribution in [1.29, 1.82) is 0 Å². The highest BCUT2D eigenvalue weighted by Crippen LogP contribution is 2.27. The number of anilines is 2. The van der Waals surface area contributed by atoms with E-state index in [1.165, 1.54) is 5.39 Å². The zero-order valence-corrected chi connectivity index (χ0v) is 12.9. The number of rotatable bonds is 3. The molecule has 23 heavy (non-hydrogen) atoms. The molecule has 0 unspecified atom stereocenters. The summed E-state index contributed by atoms with van der Waals surface area (Å²) in [6.45, 7) is 0. The number of fused-ring (bicyclic) bond motifs is 1. The van der Waals surface area contributed by atoms with Gasteiger partial charge in [0.2, 0.25) is 5.95 Å². The van der Waals surface area contributed by atoms with Crippen molar-refractivity contribution < 1.29 is 0 Å². The standard InChI is InChI=1S/C18H13ClN4/c19-13-8-10-14(11-9-13)20-18-21-17(22-23-18)16-7-3-5-12-4-1-2-6-15(12)16/h1-11H,(H2,20,21,22,23). The third kappa shape index (κ3) is 2.76. The molecule has 0 aliphatic rings. The molecule has 2 N–H and O–H groups in total. The molecule has 0 atom stereocenters. The van der Waals surface area contributed by atoms with Crippen LogP contribution in [0.3, 0.4) is 0 Å². The van der Waals surface area contributed by atoms with E-state index in [0.717, 1.165) is 22.5 Å². The van der Waals surface area contributed by atoms with Gasteiger partial charge in [-0.05, 0) is 35.0 Å². The van der Waals surface area contributed by atoms with E-state index in [4.69, 9.17) is 11.6 Å². The van der Waals surface area contributed by atoms with E-state index in [0.29, 0.717) is 11.0 Å². The van der Waals surface area contributed by atoms with Crippen LogP contribution < -0.4 is 5.32 Å². The molecule has 4 nitrogen and oxygen atoms in total. The maximum atomic E-state index is 5.89. The lowest BCUT2D eigenvalue weighted by atomic mass is 10.0. The quantitative estimate of drug-likeness (QED) is 0.557. The number of benzene rings is 3. The molecule has 1 heterocycles. The second-order valence-electron chi connectivity index (χ2n) is 5.17. The van der Waals surface area contributed by atoms with Gasteiger partial charge in [-0.1, -0.05) is 54.1 Å². The molecule has 0 amide bonds. The summed E-state index contributed by atoms with van der Waals surface area (Å²) in [6.07, 6.45) is 0. The predicted molar refractivity (Wildman–Crippen MR) is 94.1 cm³/mol. The fourth-order valence-corrected chi connectivity index (χ4v) is 2.66. The molecule has 1 aromatic heterocycles. The Morgan fingerprint density at radius 3 is 2.52 bits per heavy atom. The molecular formula is C18H13ClN4. The van der Waals surface area contributed by atoms with E-state index in [-0.39, 0.29) is 0 Å². The lowest BCUT2D eigenvalue weighted by molar-refractivity contribution is 1.10. The minimum Gasteiger partial charge on any atom is -0.323 e. The van der Waals surface area contributed by atoms with E-state index in [9.17, 15) is 0 Å². The van der Waals surface area contributed by atoms with E-state index in [1.807, 2.05) is 48.5 Å². The molecular weight excluding hydrogens is 308 g/mol. The van der Waals surface area contributed by atoms with Gasteiger partial charge >= 0.3 is 0 Å². The Bertz CT molecular complexity index is 955. The molecule has 4 rings (SSSR count). The molecule has 0 aliphatic carbocycles. The summed E-state index contributed by atoms with van der Waals surface area (Å²) in [5.41, 5.74) is 1.91. The molecule has 5 heteroatoms.